The summed E-state index contributed by atoms with van der Waals surface area (Å²) >= 11 is 10.9. The zero-order chi connectivity index (χ0) is 17.5. The molecule has 4 nitrogen and oxygen atoms in total. The Labute approximate surface area is 159 Å². The van der Waals surface area contributed by atoms with Gasteiger partial charge in [-0.25, -0.2) is 0 Å². The van der Waals surface area contributed by atoms with E-state index < -0.39 is 0 Å². The summed E-state index contributed by atoms with van der Waals surface area (Å²) in [6, 6.07) is 11.0. The quantitative estimate of drug-likeness (QED) is 0.610. The van der Waals surface area contributed by atoms with E-state index in [1.165, 1.54) is 11.8 Å². The number of rotatable bonds is 7. The van der Waals surface area contributed by atoms with Crippen LogP contribution in [0.1, 0.15) is 6.92 Å². The lowest BCUT2D eigenvalue weighted by atomic mass is 10.3. The zero-order valence-electron chi connectivity index (χ0n) is 13.3. The van der Waals surface area contributed by atoms with Crippen LogP contribution in [0.25, 0.3) is 0 Å². The second kappa shape index (κ2) is 9.20. The van der Waals surface area contributed by atoms with E-state index in [0.717, 1.165) is 10.6 Å². The molecule has 0 saturated carbocycles. The van der Waals surface area contributed by atoms with E-state index in [4.69, 9.17) is 21.1 Å². The first-order valence-electron chi connectivity index (χ1n) is 7.22. The molecule has 0 bridgehead atoms. The van der Waals surface area contributed by atoms with Gasteiger partial charge in [-0.05, 0) is 59.3 Å². The third-order valence-corrected chi connectivity index (χ3v) is 4.82. The van der Waals surface area contributed by atoms with E-state index in [0.29, 0.717) is 27.5 Å². The van der Waals surface area contributed by atoms with Crippen molar-refractivity contribution < 1.29 is 14.3 Å². The van der Waals surface area contributed by atoms with Crippen LogP contribution in [0.15, 0.2) is 45.8 Å². The van der Waals surface area contributed by atoms with Crippen LogP contribution in [0, 0.1) is 0 Å². The van der Waals surface area contributed by atoms with E-state index >= 15 is 0 Å². The smallest absolute Gasteiger partial charge is 0.234 e. The second-order valence-corrected chi connectivity index (χ2v) is 7.05. The van der Waals surface area contributed by atoms with Crippen LogP contribution < -0.4 is 14.8 Å². The summed E-state index contributed by atoms with van der Waals surface area (Å²) in [5.74, 6) is 1.51. The molecule has 0 aromatic heterocycles. The highest BCUT2D eigenvalue weighted by molar-refractivity contribution is 9.10. The first kappa shape index (κ1) is 19.0. The molecule has 2 aromatic carbocycles. The molecular weight excluding hydrogens is 414 g/mol. The molecule has 0 radical (unpaired) electrons. The van der Waals surface area contributed by atoms with Crippen molar-refractivity contribution in [3.05, 3.63) is 45.9 Å². The van der Waals surface area contributed by atoms with Crippen LogP contribution in [0.2, 0.25) is 5.02 Å². The summed E-state index contributed by atoms with van der Waals surface area (Å²) < 4.78 is 11.4. The van der Waals surface area contributed by atoms with Crippen molar-refractivity contribution in [2.75, 3.05) is 24.8 Å². The minimum Gasteiger partial charge on any atom is -0.497 e. The highest BCUT2D eigenvalue weighted by Gasteiger charge is 2.13. The van der Waals surface area contributed by atoms with E-state index in [1.54, 1.807) is 19.2 Å². The van der Waals surface area contributed by atoms with Gasteiger partial charge in [-0.2, -0.15) is 0 Å². The van der Waals surface area contributed by atoms with Gasteiger partial charge in [-0.1, -0.05) is 11.6 Å². The van der Waals surface area contributed by atoms with Crippen LogP contribution >= 0.6 is 39.3 Å². The highest BCUT2D eigenvalue weighted by Crippen LogP contribution is 2.36. The van der Waals surface area contributed by atoms with Crippen molar-refractivity contribution in [1.29, 1.82) is 0 Å². The minimum atomic E-state index is -0.133. The number of ether oxygens (including phenoxy) is 2. The number of carbonyl (C=O) groups is 1. The average molecular weight is 431 g/mol. The lowest BCUT2D eigenvalue weighted by molar-refractivity contribution is -0.113. The molecule has 0 aliphatic heterocycles. The highest BCUT2D eigenvalue weighted by atomic mass is 79.9. The topological polar surface area (TPSA) is 47.6 Å². The van der Waals surface area contributed by atoms with Crippen molar-refractivity contribution in [3.8, 4) is 11.5 Å². The molecule has 0 fully saturated rings. The predicted molar refractivity (Wildman–Crippen MR) is 103 cm³/mol. The monoisotopic (exact) mass is 429 g/mol. The first-order valence-corrected chi connectivity index (χ1v) is 9.37. The summed E-state index contributed by atoms with van der Waals surface area (Å²) in [4.78, 5) is 13.2. The minimum absolute atomic E-state index is 0.133. The maximum Gasteiger partial charge on any atom is 0.234 e. The number of amides is 1. The van der Waals surface area contributed by atoms with Gasteiger partial charge in [0.05, 0.1) is 29.6 Å². The summed E-state index contributed by atoms with van der Waals surface area (Å²) in [7, 11) is 1.62. The van der Waals surface area contributed by atoms with Crippen LogP contribution in [0.3, 0.4) is 0 Å². The Morgan fingerprint density at radius 3 is 2.62 bits per heavy atom. The van der Waals surface area contributed by atoms with Crippen molar-refractivity contribution in [2.24, 2.45) is 0 Å². The Balaban J connectivity index is 2.01. The Morgan fingerprint density at radius 1 is 1.29 bits per heavy atom. The van der Waals surface area contributed by atoms with Crippen LogP contribution in [0.4, 0.5) is 5.69 Å². The molecule has 0 unspecified atom stereocenters. The molecule has 24 heavy (non-hydrogen) atoms. The summed E-state index contributed by atoms with van der Waals surface area (Å²) in [5, 5.41) is 3.36. The van der Waals surface area contributed by atoms with Gasteiger partial charge in [-0.15, -0.1) is 11.8 Å². The average Bonchev–Trinajstić information content (AvgIpc) is 2.56. The molecule has 0 saturated heterocycles. The third-order valence-electron chi connectivity index (χ3n) is 3.00. The van der Waals surface area contributed by atoms with Gasteiger partial charge in [0.2, 0.25) is 5.91 Å². The number of hydrogen-bond acceptors (Lipinski definition) is 4. The van der Waals surface area contributed by atoms with Crippen molar-refractivity contribution in [3.63, 3.8) is 0 Å². The summed E-state index contributed by atoms with van der Waals surface area (Å²) in [6.07, 6.45) is 0. The van der Waals surface area contributed by atoms with Crippen LogP contribution in [-0.4, -0.2) is 25.4 Å². The molecule has 0 aliphatic carbocycles. The van der Waals surface area contributed by atoms with E-state index in [-0.39, 0.29) is 11.7 Å². The molecule has 0 atom stereocenters. The zero-order valence-corrected chi connectivity index (χ0v) is 16.4. The molecule has 2 aromatic rings. The fourth-order valence-electron chi connectivity index (χ4n) is 1.95. The molecule has 2 rings (SSSR count). The standard InChI is InChI=1S/C17H17BrClNO3S/c1-3-23-17-14(18)8-11(19)9-15(17)20-16(21)10-24-13-6-4-12(22-2)5-7-13/h4-9H,3,10H2,1-2H3,(H,20,21). The van der Waals surface area contributed by atoms with Gasteiger partial charge >= 0.3 is 0 Å². The first-order chi connectivity index (χ1) is 11.5. The molecule has 128 valence electrons. The van der Waals surface area contributed by atoms with E-state index in [2.05, 4.69) is 21.2 Å². The van der Waals surface area contributed by atoms with Gasteiger partial charge in [0.25, 0.3) is 0 Å². The normalized spacial score (nSPS) is 10.3. The van der Waals surface area contributed by atoms with E-state index in [1.807, 2.05) is 31.2 Å². The number of halogens is 2. The Bertz CT molecular complexity index is 710. The molecule has 0 aliphatic rings. The molecule has 0 spiro atoms. The van der Waals surface area contributed by atoms with Gasteiger partial charge in [0, 0.05) is 9.92 Å². The number of anilines is 1. The van der Waals surface area contributed by atoms with E-state index in [9.17, 15) is 4.79 Å². The van der Waals surface area contributed by atoms with Crippen molar-refractivity contribution >= 4 is 50.9 Å². The number of methoxy groups -OCH3 is 1. The second-order valence-electron chi connectivity index (χ2n) is 4.71. The Kier molecular flexibility index (Phi) is 7.27. The van der Waals surface area contributed by atoms with Crippen molar-refractivity contribution in [2.45, 2.75) is 11.8 Å². The fourth-order valence-corrected chi connectivity index (χ4v) is 3.57. The van der Waals surface area contributed by atoms with Gasteiger partial charge in [0.15, 0.2) is 5.75 Å². The van der Waals surface area contributed by atoms with Crippen LogP contribution in [0.5, 0.6) is 11.5 Å². The molecule has 1 amide bonds. The van der Waals surface area contributed by atoms with Gasteiger partial charge < -0.3 is 14.8 Å². The Morgan fingerprint density at radius 2 is 2.00 bits per heavy atom. The molecule has 7 heteroatoms. The number of carbonyl (C=O) groups excluding carboxylic acids is 1. The van der Waals surface area contributed by atoms with Crippen LogP contribution in [-0.2, 0) is 4.79 Å². The van der Waals surface area contributed by atoms with Gasteiger partial charge in [0.1, 0.15) is 5.75 Å². The Hall–Kier alpha value is -1.37. The molecule has 0 heterocycles. The van der Waals surface area contributed by atoms with Gasteiger partial charge in [-0.3, -0.25) is 4.79 Å². The molecular formula is C17H17BrClNO3S. The maximum atomic E-state index is 12.2. The predicted octanol–water partition coefficient (Wildman–Crippen LogP) is 5.24. The largest absolute Gasteiger partial charge is 0.497 e. The third kappa shape index (κ3) is 5.33. The number of nitrogens with one attached hydrogen (secondary N) is 1. The fraction of sp³-hybridized carbons (Fsp3) is 0.235. The lowest BCUT2D eigenvalue weighted by Gasteiger charge is -2.14. The summed E-state index contributed by atoms with van der Waals surface area (Å²) in [6.45, 7) is 2.37. The number of benzene rings is 2. The maximum absolute atomic E-state index is 12.2. The molecule has 1 N–H and O–H groups in total. The SMILES string of the molecule is CCOc1c(Br)cc(Cl)cc1NC(=O)CSc1ccc(OC)cc1. The lowest BCUT2D eigenvalue weighted by Crippen LogP contribution is -2.15. The summed E-state index contributed by atoms with van der Waals surface area (Å²) in [5.41, 5.74) is 0.552. The van der Waals surface area contributed by atoms with Crippen molar-refractivity contribution in [1.82, 2.24) is 0 Å². The number of hydrogen-bond donors (Lipinski definition) is 1. The number of thioether (sulfide) groups is 1.